The Morgan fingerprint density at radius 1 is 1.09 bits per heavy atom. The lowest BCUT2D eigenvalue weighted by molar-refractivity contribution is 0.102. The number of amides is 1. The predicted molar refractivity (Wildman–Crippen MR) is 78.8 cm³/mol. The molecule has 0 bridgehead atoms. The summed E-state index contributed by atoms with van der Waals surface area (Å²) in [5.41, 5.74) is 1.76. The van der Waals surface area contributed by atoms with E-state index < -0.39 is 0 Å². The SMILES string of the molecule is O=C(Nc1cc(-n2cncn2)ncn1)c1ccc2n[nH]nc2c1. The van der Waals surface area contributed by atoms with Crippen LogP contribution in [-0.2, 0) is 0 Å². The van der Waals surface area contributed by atoms with Gasteiger partial charge in [0.15, 0.2) is 5.82 Å². The molecule has 1 aromatic carbocycles. The highest BCUT2D eigenvalue weighted by atomic mass is 16.1. The number of hydrogen-bond acceptors (Lipinski definition) is 7. The van der Waals surface area contributed by atoms with Crippen LogP contribution < -0.4 is 5.32 Å². The van der Waals surface area contributed by atoms with Crippen molar-refractivity contribution in [2.24, 2.45) is 0 Å². The molecule has 10 heteroatoms. The van der Waals surface area contributed by atoms with Gasteiger partial charge in [-0.15, -0.1) is 0 Å². The summed E-state index contributed by atoms with van der Waals surface area (Å²) in [6.45, 7) is 0. The molecule has 0 aliphatic carbocycles. The summed E-state index contributed by atoms with van der Waals surface area (Å²) in [4.78, 5) is 24.3. The van der Waals surface area contributed by atoms with Crippen molar-refractivity contribution in [1.29, 1.82) is 0 Å². The molecule has 0 spiro atoms. The van der Waals surface area contributed by atoms with Crippen molar-refractivity contribution >= 4 is 22.8 Å². The Balaban J connectivity index is 1.59. The van der Waals surface area contributed by atoms with Crippen LogP contribution in [0.1, 0.15) is 10.4 Å². The zero-order valence-electron chi connectivity index (χ0n) is 11.6. The molecule has 0 unspecified atom stereocenters. The molecule has 0 saturated carbocycles. The van der Waals surface area contributed by atoms with E-state index >= 15 is 0 Å². The predicted octanol–water partition coefficient (Wildman–Crippen LogP) is 0.581. The largest absolute Gasteiger partial charge is 0.306 e. The van der Waals surface area contributed by atoms with Crippen molar-refractivity contribution in [1.82, 2.24) is 40.1 Å². The zero-order chi connectivity index (χ0) is 15.6. The van der Waals surface area contributed by atoms with Gasteiger partial charge in [-0.25, -0.2) is 19.6 Å². The molecule has 23 heavy (non-hydrogen) atoms. The quantitative estimate of drug-likeness (QED) is 0.566. The number of benzene rings is 1. The lowest BCUT2D eigenvalue weighted by Gasteiger charge is -2.05. The molecule has 3 aromatic heterocycles. The van der Waals surface area contributed by atoms with Crippen molar-refractivity contribution in [2.45, 2.75) is 0 Å². The number of nitrogens with zero attached hydrogens (tertiary/aromatic N) is 7. The monoisotopic (exact) mass is 307 g/mol. The highest BCUT2D eigenvalue weighted by Crippen LogP contribution is 2.13. The van der Waals surface area contributed by atoms with Gasteiger partial charge in [-0.2, -0.15) is 20.5 Å². The first kappa shape index (κ1) is 13.0. The first-order chi connectivity index (χ1) is 11.3. The second-order valence-electron chi connectivity index (χ2n) is 4.58. The van der Waals surface area contributed by atoms with Crippen LogP contribution in [0, 0.1) is 0 Å². The lowest BCUT2D eigenvalue weighted by Crippen LogP contribution is -2.13. The molecule has 0 saturated heterocycles. The average molecular weight is 307 g/mol. The van der Waals surface area contributed by atoms with Crippen LogP contribution in [0.15, 0.2) is 43.2 Å². The molecule has 3 heterocycles. The van der Waals surface area contributed by atoms with E-state index in [9.17, 15) is 4.79 Å². The fourth-order valence-corrected chi connectivity index (χ4v) is 2.04. The Morgan fingerprint density at radius 3 is 2.87 bits per heavy atom. The maximum absolute atomic E-state index is 12.3. The molecule has 10 nitrogen and oxygen atoms in total. The minimum atomic E-state index is -0.307. The molecule has 4 aromatic rings. The van der Waals surface area contributed by atoms with Gasteiger partial charge in [0.05, 0.1) is 0 Å². The third-order valence-corrected chi connectivity index (χ3v) is 3.13. The van der Waals surface area contributed by atoms with Gasteiger partial charge in [0.25, 0.3) is 5.91 Å². The number of nitrogens with one attached hydrogen (secondary N) is 2. The Morgan fingerprint density at radius 2 is 2.00 bits per heavy atom. The Kier molecular flexibility index (Phi) is 2.97. The Labute approximate surface area is 128 Å². The first-order valence-corrected chi connectivity index (χ1v) is 6.58. The normalized spacial score (nSPS) is 10.8. The van der Waals surface area contributed by atoms with Crippen molar-refractivity contribution in [3.05, 3.63) is 48.8 Å². The maximum atomic E-state index is 12.3. The summed E-state index contributed by atoms with van der Waals surface area (Å²) in [7, 11) is 0. The number of carbonyl (C=O) groups is 1. The number of aromatic nitrogens is 8. The number of rotatable bonds is 3. The van der Waals surface area contributed by atoms with Crippen molar-refractivity contribution in [3.8, 4) is 5.82 Å². The van der Waals surface area contributed by atoms with Crippen LogP contribution in [0.25, 0.3) is 16.9 Å². The maximum Gasteiger partial charge on any atom is 0.256 e. The number of carbonyl (C=O) groups excluding carboxylic acids is 1. The van der Waals surface area contributed by atoms with Gasteiger partial charge in [-0.1, -0.05) is 0 Å². The van der Waals surface area contributed by atoms with Crippen LogP contribution in [0.2, 0.25) is 0 Å². The molecule has 2 N–H and O–H groups in total. The van der Waals surface area contributed by atoms with E-state index in [-0.39, 0.29) is 5.91 Å². The van der Waals surface area contributed by atoms with Crippen LogP contribution in [0.5, 0.6) is 0 Å². The average Bonchev–Trinajstić information content (AvgIpc) is 3.26. The molecule has 0 atom stereocenters. The van der Waals surface area contributed by atoms with E-state index in [1.54, 1.807) is 24.3 Å². The van der Waals surface area contributed by atoms with E-state index in [4.69, 9.17) is 0 Å². The summed E-state index contributed by atoms with van der Waals surface area (Å²) in [5, 5.41) is 17.1. The topological polar surface area (TPSA) is 127 Å². The van der Waals surface area contributed by atoms with Gasteiger partial charge in [-0.3, -0.25) is 4.79 Å². The minimum Gasteiger partial charge on any atom is -0.306 e. The smallest absolute Gasteiger partial charge is 0.256 e. The van der Waals surface area contributed by atoms with Crippen molar-refractivity contribution in [3.63, 3.8) is 0 Å². The van der Waals surface area contributed by atoms with Gasteiger partial charge >= 0.3 is 0 Å². The van der Waals surface area contributed by atoms with Crippen LogP contribution in [-0.4, -0.2) is 46.1 Å². The highest BCUT2D eigenvalue weighted by Gasteiger charge is 2.10. The van der Waals surface area contributed by atoms with E-state index in [0.29, 0.717) is 28.2 Å². The molecule has 4 rings (SSSR count). The minimum absolute atomic E-state index is 0.307. The third kappa shape index (κ3) is 2.48. The van der Waals surface area contributed by atoms with E-state index in [0.717, 1.165) is 0 Å². The molecule has 0 aliphatic heterocycles. The summed E-state index contributed by atoms with van der Waals surface area (Å²) < 4.78 is 1.47. The molecular formula is C13H9N9O. The van der Waals surface area contributed by atoms with E-state index in [1.807, 2.05) is 0 Å². The number of aromatic amines is 1. The van der Waals surface area contributed by atoms with Gasteiger partial charge in [0.1, 0.15) is 35.8 Å². The first-order valence-electron chi connectivity index (χ1n) is 6.58. The van der Waals surface area contributed by atoms with Crippen molar-refractivity contribution < 1.29 is 4.79 Å². The van der Waals surface area contributed by atoms with Crippen molar-refractivity contribution in [2.75, 3.05) is 5.32 Å². The fraction of sp³-hybridized carbons (Fsp3) is 0. The van der Waals surface area contributed by atoms with Crippen LogP contribution in [0.4, 0.5) is 5.82 Å². The fourth-order valence-electron chi connectivity index (χ4n) is 2.04. The summed E-state index contributed by atoms with van der Waals surface area (Å²) in [5.74, 6) is 0.550. The number of H-pyrrole nitrogens is 1. The molecule has 0 radical (unpaired) electrons. The van der Waals surface area contributed by atoms with Crippen LogP contribution >= 0.6 is 0 Å². The van der Waals surface area contributed by atoms with Gasteiger partial charge in [0.2, 0.25) is 0 Å². The van der Waals surface area contributed by atoms with E-state index in [1.165, 1.54) is 23.7 Å². The molecular weight excluding hydrogens is 298 g/mol. The van der Waals surface area contributed by atoms with E-state index in [2.05, 4.69) is 40.8 Å². The zero-order valence-corrected chi connectivity index (χ0v) is 11.6. The number of hydrogen-bond donors (Lipinski definition) is 2. The summed E-state index contributed by atoms with van der Waals surface area (Å²) in [6.07, 6.45) is 4.24. The third-order valence-electron chi connectivity index (χ3n) is 3.13. The molecule has 112 valence electrons. The van der Waals surface area contributed by atoms with Gasteiger partial charge in [0, 0.05) is 11.6 Å². The molecule has 0 aliphatic rings. The standard InChI is InChI=1S/C13H9N9O/c23-13(8-1-2-9-10(3-8)20-21-19-9)18-11-4-12(16-6-15-11)22-7-14-5-17-22/h1-7H,(H,19,20,21)(H,15,16,18,23). The lowest BCUT2D eigenvalue weighted by atomic mass is 10.2. The van der Waals surface area contributed by atoms with Gasteiger partial charge < -0.3 is 5.32 Å². The second-order valence-corrected chi connectivity index (χ2v) is 4.58. The number of anilines is 1. The van der Waals surface area contributed by atoms with Gasteiger partial charge in [-0.05, 0) is 18.2 Å². The van der Waals surface area contributed by atoms with Crippen LogP contribution in [0.3, 0.4) is 0 Å². The second kappa shape index (κ2) is 5.26. The summed E-state index contributed by atoms with van der Waals surface area (Å²) in [6, 6.07) is 6.63. The summed E-state index contributed by atoms with van der Waals surface area (Å²) >= 11 is 0. The molecule has 1 amide bonds. The highest BCUT2D eigenvalue weighted by molar-refractivity contribution is 6.05. The molecule has 0 fully saturated rings. The Bertz CT molecular complexity index is 976. The number of fused-ring (bicyclic) bond motifs is 1. The Hall–Kier alpha value is -3.69.